The van der Waals surface area contributed by atoms with Crippen LogP contribution in [-0.4, -0.2) is 52.8 Å². The Morgan fingerprint density at radius 3 is 2.89 bits per heavy atom. The van der Waals surface area contributed by atoms with E-state index in [-0.39, 0.29) is 24.4 Å². The first-order chi connectivity index (χ1) is 13.5. The van der Waals surface area contributed by atoms with Gasteiger partial charge in [0.25, 0.3) is 0 Å². The van der Waals surface area contributed by atoms with Gasteiger partial charge >= 0.3 is 0 Å². The summed E-state index contributed by atoms with van der Waals surface area (Å²) in [5.74, 6) is -0.266. The highest BCUT2D eigenvalue weighted by Gasteiger charge is 2.31. The topological polar surface area (TPSA) is 65.5 Å². The maximum Gasteiger partial charge on any atom is 0.243 e. The molecule has 1 N–H and O–H groups in total. The first kappa shape index (κ1) is 20.3. The minimum absolute atomic E-state index is 0.00256. The molecule has 2 aromatic rings. The van der Waals surface area contributed by atoms with Crippen LogP contribution >= 0.6 is 11.6 Å². The van der Waals surface area contributed by atoms with E-state index in [0.717, 1.165) is 31.4 Å². The third kappa shape index (κ3) is 5.53. The summed E-state index contributed by atoms with van der Waals surface area (Å²) in [5.41, 5.74) is 1.71. The molecule has 0 spiro atoms. The number of amides is 2. The normalized spacial score (nSPS) is 17.1. The van der Waals surface area contributed by atoms with Crippen LogP contribution in [0.4, 0.5) is 5.69 Å². The predicted molar refractivity (Wildman–Crippen MR) is 110 cm³/mol. The predicted octanol–water partition coefficient (Wildman–Crippen LogP) is 3.19. The second-order valence-corrected chi connectivity index (χ2v) is 7.53. The van der Waals surface area contributed by atoms with Gasteiger partial charge < -0.3 is 10.2 Å². The van der Waals surface area contributed by atoms with Crippen molar-refractivity contribution in [1.82, 2.24) is 14.8 Å². The van der Waals surface area contributed by atoms with E-state index in [4.69, 9.17) is 11.6 Å². The number of pyridine rings is 1. The van der Waals surface area contributed by atoms with E-state index in [1.807, 2.05) is 18.3 Å². The Morgan fingerprint density at radius 1 is 1.29 bits per heavy atom. The van der Waals surface area contributed by atoms with Crippen LogP contribution < -0.4 is 5.32 Å². The lowest BCUT2D eigenvalue weighted by Crippen LogP contribution is -2.50. The van der Waals surface area contributed by atoms with E-state index in [2.05, 4.69) is 15.2 Å². The highest BCUT2D eigenvalue weighted by Crippen LogP contribution is 2.21. The summed E-state index contributed by atoms with van der Waals surface area (Å²) in [4.78, 5) is 33.2. The number of nitrogens with one attached hydrogen (secondary N) is 1. The molecule has 1 atom stereocenters. The molecule has 0 bridgehead atoms. The molecule has 1 aromatic carbocycles. The Morgan fingerprint density at radius 2 is 2.14 bits per heavy atom. The molecule has 1 aliphatic rings. The molecule has 2 amide bonds. The van der Waals surface area contributed by atoms with Gasteiger partial charge in [-0.15, -0.1) is 0 Å². The minimum Gasteiger partial charge on any atom is -0.335 e. The van der Waals surface area contributed by atoms with Gasteiger partial charge in [0.15, 0.2) is 0 Å². The van der Waals surface area contributed by atoms with Crippen LogP contribution in [0.25, 0.3) is 0 Å². The van der Waals surface area contributed by atoms with Crippen molar-refractivity contribution >= 4 is 29.1 Å². The molecular formula is C21H25ClN4O2. The van der Waals surface area contributed by atoms with E-state index in [9.17, 15) is 9.59 Å². The second-order valence-electron chi connectivity index (χ2n) is 7.10. The zero-order valence-electron chi connectivity index (χ0n) is 16.0. The molecular weight excluding hydrogens is 376 g/mol. The Kier molecular flexibility index (Phi) is 7.01. The Balaban J connectivity index is 1.59. The van der Waals surface area contributed by atoms with Crippen molar-refractivity contribution in [2.75, 3.05) is 25.5 Å². The number of piperidine rings is 1. The van der Waals surface area contributed by atoms with Gasteiger partial charge in [0.1, 0.15) is 0 Å². The number of benzene rings is 1. The number of likely N-dealkylation sites (tertiary alicyclic amines) is 1. The lowest BCUT2D eigenvalue weighted by atomic mass is 10.00. The van der Waals surface area contributed by atoms with Gasteiger partial charge in [-0.05, 0) is 49.2 Å². The van der Waals surface area contributed by atoms with Crippen LogP contribution in [-0.2, 0) is 16.1 Å². The van der Waals surface area contributed by atoms with Gasteiger partial charge in [0.2, 0.25) is 11.8 Å². The molecule has 2 heterocycles. The van der Waals surface area contributed by atoms with Crippen molar-refractivity contribution in [3.05, 3.63) is 59.4 Å². The molecule has 28 heavy (non-hydrogen) atoms. The molecule has 1 saturated heterocycles. The summed E-state index contributed by atoms with van der Waals surface area (Å²) >= 11 is 5.94. The zero-order chi connectivity index (χ0) is 19.9. The SMILES string of the molecule is CN(CC(=O)Nc1cccc(Cl)c1)C(=O)C1CCCCN1Cc1cccnc1. The summed E-state index contributed by atoms with van der Waals surface area (Å²) in [7, 11) is 1.68. The van der Waals surface area contributed by atoms with Crippen molar-refractivity contribution in [1.29, 1.82) is 0 Å². The molecule has 6 nitrogen and oxygen atoms in total. The second kappa shape index (κ2) is 9.66. The van der Waals surface area contributed by atoms with Crippen LogP contribution in [0.3, 0.4) is 0 Å². The van der Waals surface area contributed by atoms with Gasteiger partial charge in [0.05, 0.1) is 12.6 Å². The van der Waals surface area contributed by atoms with Crippen LogP contribution in [0.15, 0.2) is 48.8 Å². The average Bonchev–Trinajstić information content (AvgIpc) is 2.68. The molecule has 7 heteroatoms. The number of rotatable bonds is 6. The Hall–Kier alpha value is -2.44. The van der Waals surface area contributed by atoms with Crippen LogP contribution in [0.1, 0.15) is 24.8 Å². The maximum atomic E-state index is 13.0. The highest BCUT2D eigenvalue weighted by atomic mass is 35.5. The number of hydrogen-bond acceptors (Lipinski definition) is 4. The summed E-state index contributed by atoms with van der Waals surface area (Å²) in [6.45, 7) is 1.56. The Bertz CT molecular complexity index is 815. The summed E-state index contributed by atoms with van der Waals surface area (Å²) < 4.78 is 0. The van der Waals surface area contributed by atoms with E-state index in [1.165, 1.54) is 4.90 Å². The largest absolute Gasteiger partial charge is 0.335 e. The van der Waals surface area contributed by atoms with Gasteiger partial charge in [-0.25, -0.2) is 0 Å². The van der Waals surface area contributed by atoms with E-state index < -0.39 is 0 Å². The quantitative estimate of drug-likeness (QED) is 0.808. The van der Waals surface area contributed by atoms with Crippen molar-refractivity contribution < 1.29 is 9.59 Å². The molecule has 0 aliphatic carbocycles. The van der Waals surface area contributed by atoms with Gasteiger partial charge in [0, 0.05) is 36.7 Å². The van der Waals surface area contributed by atoms with Gasteiger partial charge in [-0.1, -0.05) is 30.2 Å². The number of halogens is 1. The first-order valence-electron chi connectivity index (χ1n) is 9.46. The molecule has 3 rings (SSSR count). The standard InChI is InChI=1S/C21H25ClN4O2/c1-25(15-20(27)24-18-8-4-7-17(22)12-18)21(28)19-9-2-3-11-26(19)14-16-6-5-10-23-13-16/h4-8,10,12-13,19H,2-3,9,11,14-15H2,1H3,(H,24,27). The number of aromatic nitrogens is 1. The molecule has 0 radical (unpaired) electrons. The summed E-state index contributed by atoms with van der Waals surface area (Å²) in [5, 5.41) is 3.33. The van der Waals surface area contributed by atoms with Crippen molar-refractivity contribution in [3.8, 4) is 0 Å². The third-order valence-corrected chi connectivity index (χ3v) is 5.11. The molecule has 1 aliphatic heterocycles. The van der Waals surface area contributed by atoms with E-state index in [0.29, 0.717) is 17.3 Å². The number of hydrogen-bond donors (Lipinski definition) is 1. The fourth-order valence-electron chi connectivity index (χ4n) is 3.50. The molecule has 1 fully saturated rings. The highest BCUT2D eigenvalue weighted by molar-refractivity contribution is 6.30. The monoisotopic (exact) mass is 400 g/mol. The van der Waals surface area contributed by atoms with Gasteiger partial charge in [-0.2, -0.15) is 0 Å². The number of carbonyl (C=O) groups excluding carboxylic acids is 2. The lowest BCUT2D eigenvalue weighted by Gasteiger charge is -2.36. The minimum atomic E-state index is -0.243. The fourth-order valence-corrected chi connectivity index (χ4v) is 3.69. The van der Waals surface area contributed by atoms with E-state index >= 15 is 0 Å². The molecule has 0 saturated carbocycles. The number of nitrogens with zero attached hydrogens (tertiary/aromatic N) is 3. The van der Waals surface area contributed by atoms with Crippen LogP contribution in [0.2, 0.25) is 5.02 Å². The average molecular weight is 401 g/mol. The third-order valence-electron chi connectivity index (χ3n) is 4.87. The van der Waals surface area contributed by atoms with Gasteiger partial charge in [-0.3, -0.25) is 19.5 Å². The fraction of sp³-hybridized carbons (Fsp3) is 0.381. The van der Waals surface area contributed by atoms with Crippen molar-refractivity contribution in [2.45, 2.75) is 31.8 Å². The van der Waals surface area contributed by atoms with Crippen molar-refractivity contribution in [2.24, 2.45) is 0 Å². The molecule has 1 aromatic heterocycles. The smallest absolute Gasteiger partial charge is 0.243 e. The van der Waals surface area contributed by atoms with Crippen molar-refractivity contribution in [3.63, 3.8) is 0 Å². The molecule has 1 unspecified atom stereocenters. The number of likely N-dealkylation sites (N-methyl/N-ethyl adjacent to an activating group) is 1. The van der Waals surface area contributed by atoms with Crippen LogP contribution in [0.5, 0.6) is 0 Å². The maximum absolute atomic E-state index is 13.0. The number of carbonyl (C=O) groups is 2. The van der Waals surface area contributed by atoms with Crippen LogP contribution in [0, 0.1) is 0 Å². The van der Waals surface area contributed by atoms with E-state index in [1.54, 1.807) is 37.5 Å². The summed E-state index contributed by atoms with van der Waals surface area (Å²) in [6, 6.07) is 10.7. The zero-order valence-corrected chi connectivity index (χ0v) is 16.7. The first-order valence-corrected chi connectivity index (χ1v) is 9.84. The lowest BCUT2D eigenvalue weighted by molar-refractivity contribution is -0.139. The summed E-state index contributed by atoms with van der Waals surface area (Å²) in [6.07, 6.45) is 6.47. The molecule has 148 valence electrons. The Labute approximate surface area is 170 Å². The number of anilines is 1.